The number of carbonyl (C=O) groups excluding carboxylic acids is 1. The molecule has 0 N–H and O–H groups in total. The highest BCUT2D eigenvalue weighted by atomic mass is 16.5. The summed E-state index contributed by atoms with van der Waals surface area (Å²) in [5.41, 5.74) is 3.73. The molecule has 1 aliphatic rings. The molecule has 0 aliphatic carbocycles. The van der Waals surface area contributed by atoms with Crippen LogP contribution in [0.1, 0.15) is 28.0 Å². The van der Waals surface area contributed by atoms with E-state index in [1.54, 1.807) is 31.5 Å². The molecular weight excluding hydrogens is 426 g/mol. The number of fused-ring (bicyclic) bond motifs is 1. The molecule has 0 bridgehead atoms. The van der Waals surface area contributed by atoms with Crippen molar-refractivity contribution in [2.75, 3.05) is 20.2 Å². The summed E-state index contributed by atoms with van der Waals surface area (Å²) in [7, 11) is 1.58. The van der Waals surface area contributed by atoms with Gasteiger partial charge in [0.2, 0.25) is 0 Å². The Balaban J connectivity index is 1.24. The summed E-state index contributed by atoms with van der Waals surface area (Å²) in [5.74, 6) is 1.57. The molecule has 1 atom stereocenters. The number of hydrogen-bond donors (Lipinski definition) is 0. The topological polar surface area (TPSA) is 64.5 Å². The molecular formula is C28H27N3O3. The predicted octanol–water partition coefficient (Wildman–Crippen LogP) is 4.92. The quantitative estimate of drug-likeness (QED) is 0.397. The van der Waals surface area contributed by atoms with Gasteiger partial charge in [0.15, 0.2) is 11.5 Å². The maximum atomic E-state index is 13.2. The van der Waals surface area contributed by atoms with Crippen molar-refractivity contribution in [1.29, 1.82) is 0 Å². The van der Waals surface area contributed by atoms with E-state index in [4.69, 9.17) is 9.47 Å². The Bertz CT molecular complexity index is 1290. The molecule has 1 fully saturated rings. The maximum Gasteiger partial charge on any atom is 0.254 e. The Morgan fingerprint density at radius 1 is 1.00 bits per heavy atom. The van der Waals surface area contributed by atoms with Gasteiger partial charge in [-0.2, -0.15) is 0 Å². The van der Waals surface area contributed by atoms with Crippen LogP contribution in [-0.2, 0) is 13.0 Å². The molecule has 34 heavy (non-hydrogen) atoms. The summed E-state index contributed by atoms with van der Waals surface area (Å²) in [5, 5.41) is 1.16. The molecule has 0 saturated carbocycles. The second-order valence-corrected chi connectivity index (χ2v) is 8.58. The van der Waals surface area contributed by atoms with Crippen LogP contribution in [0.25, 0.3) is 10.9 Å². The van der Waals surface area contributed by atoms with Gasteiger partial charge in [0.05, 0.1) is 18.3 Å². The van der Waals surface area contributed by atoms with Crippen molar-refractivity contribution in [1.82, 2.24) is 14.9 Å². The molecule has 3 heterocycles. The first-order valence-electron chi connectivity index (χ1n) is 11.5. The van der Waals surface area contributed by atoms with Gasteiger partial charge in [0.1, 0.15) is 6.61 Å². The zero-order chi connectivity index (χ0) is 23.3. The lowest BCUT2D eigenvalue weighted by Gasteiger charge is -2.18. The van der Waals surface area contributed by atoms with E-state index in [1.165, 1.54) is 5.56 Å². The highest BCUT2D eigenvalue weighted by Crippen LogP contribution is 2.31. The van der Waals surface area contributed by atoms with Crippen LogP contribution in [0.3, 0.4) is 0 Å². The van der Waals surface area contributed by atoms with Gasteiger partial charge in [-0.1, -0.05) is 30.3 Å². The highest BCUT2D eigenvalue weighted by Gasteiger charge is 2.28. The first-order chi connectivity index (χ1) is 16.7. The number of carbonyl (C=O) groups is 1. The molecule has 6 heteroatoms. The average molecular weight is 454 g/mol. The molecule has 172 valence electrons. The third-order valence-corrected chi connectivity index (χ3v) is 6.31. The predicted molar refractivity (Wildman–Crippen MR) is 131 cm³/mol. The minimum atomic E-state index is 0.0214. The van der Waals surface area contributed by atoms with E-state index in [-0.39, 0.29) is 5.91 Å². The number of likely N-dealkylation sites (tertiary alicyclic amines) is 1. The van der Waals surface area contributed by atoms with Gasteiger partial charge in [0, 0.05) is 36.4 Å². The Hall–Kier alpha value is -3.93. The Kier molecular flexibility index (Phi) is 6.38. The molecule has 1 aliphatic heterocycles. The SMILES string of the molecule is COc1cc(C(=O)N2CCC(Cc3cccc4cccnc34)C2)ccc1OCc1ccccn1. The van der Waals surface area contributed by atoms with Crippen LogP contribution in [0, 0.1) is 5.92 Å². The van der Waals surface area contributed by atoms with E-state index in [2.05, 4.69) is 34.2 Å². The minimum absolute atomic E-state index is 0.0214. The summed E-state index contributed by atoms with van der Waals surface area (Å²) in [4.78, 5) is 24.0. The van der Waals surface area contributed by atoms with E-state index in [0.717, 1.165) is 42.5 Å². The standard InChI is InChI=1S/C28H27N3O3/c1-33-26-17-23(10-11-25(26)34-19-24-9-2-3-13-29-24)28(32)31-15-12-20(18-31)16-22-7-4-6-21-8-5-14-30-27(21)22/h2-11,13-14,17,20H,12,15-16,18-19H2,1H3. The lowest BCUT2D eigenvalue weighted by atomic mass is 9.96. The fourth-order valence-corrected chi connectivity index (χ4v) is 4.56. The van der Waals surface area contributed by atoms with Crippen molar-refractivity contribution in [3.8, 4) is 11.5 Å². The van der Waals surface area contributed by atoms with Gasteiger partial charge >= 0.3 is 0 Å². The third-order valence-electron chi connectivity index (χ3n) is 6.31. The zero-order valence-corrected chi connectivity index (χ0v) is 19.2. The smallest absolute Gasteiger partial charge is 0.254 e. The van der Waals surface area contributed by atoms with Gasteiger partial charge < -0.3 is 14.4 Å². The Morgan fingerprint density at radius 3 is 2.74 bits per heavy atom. The monoisotopic (exact) mass is 453 g/mol. The van der Waals surface area contributed by atoms with Crippen LogP contribution < -0.4 is 9.47 Å². The normalized spacial score (nSPS) is 15.4. The van der Waals surface area contributed by atoms with Gasteiger partial charge in [-0.3, -0.25) is 14.8 Å². The number of amides is 1. The third kappa shape index (κ3) is 4.71. The van der Waals surface area contributed by atoms with E-state index < -0.39 is 0 Å². The van der Waals surface area contributed by atoms with Gasteiger partial charge in [0.25, 0.3) is 5.91 Å². The van der Waals surface area contributed by atoms with Crippen molar-refractivity contribution in [2.24, 2.45) is 5.92 Å². The van der Waals surface area contributed by atoms with E-state index >= 15 is 0 Å². The molecule has 2 aromatic carbocycles. The second kappa shape index (κ2) is 9.91. The lowest BCUT2D eigenvalue weighted by Crippen LogP contribution is -2.29. The summed E-state index contributed by atoms with van der Waals surface area (Å²) in [6.07, 6.45) is 5.48. The highest BCUT2D eigenvalue weighted by molar-refractivity contribution is 5.95. The summed E-state index contributed by atoms with van der Waals surface area (Å²) < 4.78 is 11.4. The number of rotatable bonds is 7. The first-order valence-corrected chi connectivity index (χ1v) is 11.5. The fourth-order valence-electron chi connectivity index (χ4n) is 4.56. The Morgan fingerprint density at radius 2 is 1.88 bits per heavy atom. The van der Waals surface area contributed by atoms with Crippen molar-refractivity contribution < 1.29 is 14.3 Å². The molecule has 5 rings (SSSR count). The largest absolute Gasteiger partial charge is 0.493 e. The summed E-state index contributed by atoms with van der Waals surface area (Å²) >= 11 is 0. The van der Waals surface area contributed by atoms with E-state index in [0.29, 0.717) is 29.6 Å². The zero-order valence-electron chi connectivity index (χ0n) is 19.2. The summed E-state index contributed by atoms with van der Waals surface area (Å²) in [6.45, 7) is 1.82. The van der Waals surface area contributed by atoms with Crippen LogP contribution in [-0.4, -0.2) is 41.0 Å². The van der Waals surface area contributed by atoms with Crippen LogP contribution in [0.4, 0.5) is 0 Å². The van der Waals surface area contributed by atoms with Gasteiger partial charge in [-0.15, -0.1) is 0 Å². The Labute approximate surface area is 199 Å². The molecule has 4 aromatic rings. The summed E-state index contributed by atoms with van der Waals surface area (Å²) in [6, 6.07) is 21.4. The lowest BCUT2D eigenvalue weighted by molar-refractivity contribution is 0.0786. The number of nitrogens with zero attached hydrogens (tertiary/aromatic N) is 3. The van der Waals surface area contributed by atoms with Gasteiger partial charge in [-0.05, 0) is 60.7 Å². The number of hydrogen-bond acceptors (Lipinski definition) is 5. The van der Waals surface area contributed by atoms with Crippen LogP contribution >= 0.6 is 0 Å². The van der Waals surface area contributed by atoms with Crippen molar-refractivity contribution >= 4 is 16.8 Å². The first kappa shape index (κ1) is 21.9. The fraction of sp³-hybridized carbons (Fsp3) is 0.250. The average Bonchev–Trinajstić information content (AvgIpc) is 3.36. The van der Waals surface area contributed by atoms with Crippen LogP contribution in [0.2, 0.25) is 0 Å². The molecule has 6 nitrogen and oxygen atoms in total. The van der Waals surface area contributed by atoms with Crippen molar-refractivity contribution in [2.45, 2.75) is 19.4 Å². The number of aromatic nitrogens is 2. The van der Waals surface area contributed by atoms with Crippen LogP contribution in [0.15, 0.2) is 79.1 Å². The molecule has 2 aromatic heterocycles. The molecule has 1 unspecified atom stereocenters. The molecule has 1 saturated heterocycles. The number of benzene rings is 2. The maximum absolute atomic E-state index is 13.2. The minimum Gasteiger partial charge on any atom is -0.493 e. The van der Waals surface area contributed by atoms with E-state index in [1.807, 2.05) is 35.4 Å². The number of methoxy groups -OCH3 is 1. The molecule has 0 radical (unpaired) electrons. The molecule has 1 amide bonds. The van der Waals surface area contributed by atoms with Crippen molar-refractivity contribution in [3.63, 3.8) is 0 Å². The number of para-hydroxylation sites is 1. The molecule has 0 spiro atoms. The number of pyridine rings is 2. The van der Waals surface area contributed by atoms with E-state index in [9.17, 15) is 4.79 Å². The second-order valence-electron chi connectivity index (χ2n) is 8.58. The van der Waals surface area contributed by atoms with Crippen molar-refractivity contribution in [3.05, 3.63) is 95.9 Å². The number of ether oxygens (including phenoxy) is 2. The van der Waals surface area contributed by atoms with Gasteiger partial charge in [-0.25, -0.2) is 0 Å². The van der Waals surface area contributed by atoms with Crippen LogP contribution in [0.5, 0.6) is 11.5 Å².